The zero-order chi connectivity index (χ0) is 12.3. The van der Waals surface area contributed by atoms with E-state index in [0.717, 1.165) is 0 Å². The van der Waals surface area contributed by atoms with Gasteiger partial charge < -0.3 is 9.15 Å². The lowest BCUT2D eigenvalue weighted by Crippen LogP contribution is -2.07. The minimum Gasteiger partial charge on any atom is -0.457 e. The van der Waals surface area contributed by atoms with E-state index in [4.69, 9.17) is 9.15 Å². The number of nitro benzene ring substituents is 1. The van der Waals surface area contributed by atoms with Crippen LogP contribution in [0, 0.1) is 10.1 Å². The molecule has 0 bridgehead atoms. The Labute approximate surface area is 95.6 Å². The van der Waals surface area contributed by atoms with Gasteiger partial charge in [-0.05, 0) is 18.2 Å². The number of hydrogen-bond donors (Lipinski definition) is 0. The molecule has 0 aliphatic carbocycles. The van der Waals surface area contributed by atoms with Crippen molar-refractivity contribution < 1.29 is 18.9 Å². The van der Waals surface area contributed by atoms with Crippen molar-refractivity contribution in [2.75, 3.05) is 0 Å². The molecule has 1 heterocycles. The van der Waals surface area contributed by atoms with Gasteiger partial charge in [-0.1, -0.05) is 6.07 Å². The van der Waals surface area contributed by atoms with Gasteiger partial charge in [0.1, 0.15) is 5.75 Å². The second-order valence-corrected chi connectivity index (χ2v) is 3.12. The van der Waals surface area contributed by atoms with Crippen molar-refractivity contribution >= 4 is 11.7 Å². The molecule has 0 amide bonds. The Morgan fingerprint density at radius 2 is 2.12 bits per heavy atom. The van der Waals surface area contributed by atoms with Gasteiger partial charge in [0.15, 0.2) is 0 Å². The fourth-order valence-electron chi connectivity index (χ4n) is 1.21. The summed E-state index contributed by atoms with van der Waals surface area (Å²) in [7, 11) is 0. The molecule has 6 nitrogen and oxygen atoms in total. The molecule has 1 aromatic carbocycles. The van der Waals surface area contributed by atoms with Gasteiger partial charge in [-0.15, -0.1) is 0 Å². The highest BCUT2D eigenvalue weighted by atomic mass is 16.6. The van der Waals surface area contributed by atoms with Crippen LogP contribution in [-0.2, 0) is 0 Å². The summed E-state index contributed by atoms with van der Waals surface area (Å²) < 4.78 is 9.75. The molecule has 0 saturated heterocycles. The average molecular weight is 233 g/mol. The first-order valence-corrected chi connectivity index (χ1v) is 4.67. The smallest absolute Gasteiger partial charge is 0.379 e. The normalized spacial score (nSPS) is 9.88. The van der Waals surface area contributed by atoms with E-state index in [1.807, 2.05) is 0 Å². The van der Waals surface area contributed by atoms with Crippen LogP contribution < -0.4 is 4.74 Å². The van der Waals surface area contributed by atoms with Crippen molar-refractivity contribution in [3.05, 3.63) is 58.5 Å². The number of nitrogens with zero attached hydrogens (tertiary/aromatic N) is 1. The fourth-order valence-corrected chi connectivity index (χ4v) is 1.21. The molecule has 2 rings (SSSR count). The van der Waals surface area contributed by atoms with Crippen molar-refractivity contribution in [1.29, 1.82) is 0 Å². The minimum atomic E-state index is -0.699. The monoisotopic (exact) mass is 233 g/mol. The van der Waals surface area contributed by atoms with Crippen molar-refractivity contribution in [1.82, 2.24) is 0 Å². The number of carbonyl (C=O) groups excluding carboxylic acids is 1. The molecule has 0 atom stereocenters. The number of nitro groups is 1. The first kappa shape index (κ1) is 10.9. The highest BCUT2D eigenvalue weighted by molar-refractivity contribution is 5.88. The molecule has 0 N–H and O–H groups in total. The van der Waals surface area contributed by atoms with E-state index in [1.54, 1.807) is 6.07 Å². The summed E-state index contributed by atoms with van der Waals surface area (Å²) in [5, 5.41) is 10.5. The number of non-ortho nitro benzene ring substituents is 1. The van der Waals surface area contributed by atoms with Crippen molar-refractivity contribution in [2.24, 2.45) is 0 Å². The lowest BCUT2D eigenvalue weighted by molar-refractivity contribution is -0.384. The molecule has 0 radical (unpaired) electrons. The van der Waals surface area contributed by atoms with Gasteiger partial charge in [0.25, 0.3) is 5.69 Å². The molecule has 0 aliphatic heterocycles. The zero-order valence-corrected chi connectivity index (χ0v) is 8.53. The van der Waals surface area contributed by atoms with E-state index in [9.17, 15) is 14.9 Å². The van der Waals surface area contributed by atoms with E-state index >= 15 is 0 Å². The predicted molar refractivity (Wildman–Crippen MR) is 56.8 cm³/mol. The molecule has 86 valence electrons. The van der Waals surface area contributed by atoms with Crippen LogP contribution in [0.25, 0.3) is 0 Å². The Morgan fingerprint density at radius 1 is 1.29 bits per heavy atom. The van der Waals surface area contributed by atoms with Gasteiger partial charge in [0, 0.05) is 6.07 Å². The van der Waals surface area contributed by atoms with Crippen LogP contribution in [0.1, 0.15) is 10.6 Å². The Bertz CT molecular complexity index is 547. The molecule has 1 aromatic heterocycles. The maximum atomic E-state index is 11.5. The Kier molecular flexibility index (Phi) is 2.87. The first-order chi connectivity index (χ1) is 8.16. The maximum absolute atomic E-state index is 11.5. The van der Waals surface area contributed by atoms with Crippen molar-refractivity contribution in [2.45, 2.75) is 0 Å². The van der Waals surface area contributed by atoms with Gasteiger partial charge in [-0.25, -0.2) is 4.79 Å². The van der Waals surface area contributed by atoms with E-state index in [1.165, 1.54) is 36.6 Å². The summed E-state index contributed by atoms with van der Waals surface area (Å²) in [6.07, 6.45) is 1.34. The van der Waals surface area contributed by atoms with Crippen molar-refractivity contribution in [3.8, 4) is 5.75 Å². The third-order valence-corrected chi connectivity index (χ3v) is 1.96. The van der Waals surface area contributed by atoms with Crippen LogP contribution >= 0.6 is 0 Å². The minimum absolute atomic E-state index is 0.0384. The fraction of sp³-hybridized carbons (Fsp3) is 0. The largest absolute Gasteiger partial charge is 0.457 e. The number of esters is 1. The molecule has 0 spiro atoms. The zero-order valence-electron chi connectivity index (χ0n) is 8.53. The Morgan fingerprint density at radius 3 is 2.76 bits per heavy atom. The van der Waals surface area contributed by atoms with Gasteiger partial charge in [-0.2, -0.15) is 0 Å². The lowest BCUT2D eigenvalue weighted by Gasteiger charge is -2.01. The summed E-state index contributed by atoms with van der Waals surface area (Å²) in [5.41, 5.74) is -0.144. The van der Waals surface area contributed by atoms with E-state index in [-0.39, 0.29) is 17.2 Å². The average Bonchev–Trinajstić information content (AvgIpc) is 2.82. The molecule has 2 aromatic rings. The quantitative estimate of drug-likeness (QED) is 0.352. The van der Waals surface area contributed by atoms with E-state index in [2.05, 4.69) is 0 Å². The second-order valence-electron chi connectivity index (χ2n) is 3.12. The summed E-state index contributed by atoms with van der Waals surface area (Å²) in [6, 6.07) is 8.35. The number of carbonyl (C=O) groups is 1. The molecule has 0 saturated carbocycles. The number of ether oxygens (including phenoxy) is 1. The molecule has 6 heteroatoms. The molecule has 0 fully saturated rings. The number of hydrogen-bond acceptors (Lipinski definition) is 5. The highest BCUT2D eigenvalue weighted by Gasteiger charge is 2.13. The van der Waals surface area contributed by atoms with E-state index in [0.29, 0.717) is 0 Å². The summed E-state index contributed by atoms with van der Waals surface area (Å²) in [6.45, 7) is 0. The molecule has 0 unspecified atom stereocenters. The van der Waals surface area contributed by atoms with Crippen LogP contribution in [0.2, 0.25) is 0 Å². The van der Waals surface area contributed by atoms with Gasteiger partial charge in [-0.3, -0.25) is 10.1 Å². The van der Waals surface area contributed by atoms with Crippen molar-refractivity contribution in [3.63, 3.8) is 0 Å². The predicted octanol–water partition coefficient (Wildman–Crippen LogP) is 2.41. The lowest BCUT2D eigenvalue weighted by atomic mass is 10.3. The standard InChI is InChI=1S/C11H7NO5/c13-11(10-5-2-6-16-10)17-9-4-1-3-8(7-9)12(14)15/h1-7H. The van der Waals surface area contributed by atoms with Gasteiger partial charge in [0.2, 0.25) is 5.76 Å². The van der Waals surface area contributed by atoms with Crippen LogP contribution in [0.4, 0.5) is 5.69 Å². The number of rotatable bonds is 3. The number of furan rings is 1. The first-order valence-electron chi connectivity index (χ1n) is 4.67. The van der Waals surface area contributed by atoms with Crippen LogP contribution in [-0.4, -0.2) is 10.9 Å². The van der Waals surface area contributed by atoms with Gasteiger partial charge >= 0.3 is 5.97 Å². The SMILES string of the molecule is O=C(Oc1cccc([N+](=O)[O-])c1)c1ccco1. The second kappa shape index (κ2) is 4.48. The summed E-state index contributed by atoms with van der Waals surface area (Å²) in [5.74, 6) is -0.562. The summed E-state index contributed by atoms with van der Waals surface area (Å²) >= 11 is 0. The maximum Gasteiger partial charge on any atom is 0.379 e. The third-order valence-electron chi connectivity index (χ3n) is 1.96. The van der Waals surface area contributed by atoms with Crippen LogP contribution in [0.3, 0.4) is 0 Å². The summed E-state index contributed by atoms with van der Waals surface area (Å²) in [4.78, 5) is 21.4. The topological polar surface area (TPSA) is 82.6 Å². The Hall–Kier alpha value is -2.63. The Balaban J connectivity index is 2.16. The molecular formula is C11H7NO5. The van der Waals surface area contributed by atoms with Crippen LogP contribution in [0.5, 0.6) is 5.75 Å². The van der Waals surface area contributed by atoms with Crippen LogP contribution in [0.15, 0.2) is 47.1 Å². The molecular weight excluding hydrogens is 226 g/mol. The molecule has 17 heavy (non-hydrogen) atoms. The van der Waals surface area contributed by atoms with Gasteiger partial charge in [0.05, 0.1) is 17.3 Å². The number of benzene rings is 1. The highest BCUT2D eigenvalue weighted by Crippen LogP contribution is 2.20. The third kappa shape index (κ3) is 2.49. The molecule has 0 aliphatic rings. The van der Waals surface area contributed by atoms with E-state index < -0.39 is 10.9 Å².